The number of hydrogen-bond acceptors (Lipinski definition) is 4. The molecule has 21 heavy (non-hydrogen) atoms. The fourth-order valence-corrected chi connectivity index (χ4v) is 2.46. The minimum absolute atomic E-state index is 0.0249. The highest BCUT2D eigenvalue weighted by Crippen LogP contribution is 2.15. The second kappa shape index (κ2) is 6.51. The average molecular weight is 291 g/mol. The van der Waals surface area contributed by atoms with E-state index in [2.05, 4.69) is 29.3 Å². The third-order valence-electron chi connectivity index (χ3n) is 3.67. The molecule has 0 saturated carbocycles. The number of aromatic nitrogens is 5. The van der Waals surface area contributed by atoms with Crippen molar-refractivity contribution in [3.63, 3.8) is 0 Å². The van der Waals surface area contributed by atoms with Crippen LogP contribution in [0.5, 0.6) is 0 Å². The predicted octanol–water partition coefficient (Wildman–Crippen LogP) is 2.14. The summed E-state index contributed by atoms with van der Waals surface area (Å²) < 4.78 is 3.58. The lowest BCUT2D eigenvalue weighted by molar-refractivity contribution is 0.0689. The Bertz CT molecular complexity index is 613. The standard InChI is InChI=1S/C14H21N5O2/c1-4-11(5-2)18-8-7-10(16-18)9-19-12(6-3)13(14(20)21)15-17-19/h7-8,11H,4-6,9H2,1-3H3,(H,20,21). The second-order valence-corrected chi connectivity index (χ2v) is 4.96. The number of carbonyl (C=O) groups is 1. The highest BCUT2D eigenvalue weighted by Gasteiger charge is 2.18. The van der Waals surface area contributed by atoms with Crippen LogP contribution in [0.2, 0.25) is 0 Å². The van der Waals surface area contributed by atoms with Crippen LogP contribution in [0.4, 0.5) is 0 Å². The summed E-state index contributed by atoms with van der Waals surface area (Å²) in [7, 11) is 0. The monoisotopic (exact) mass is 291 g/mol. The summed E-state index contributed by atoms with van der Waals surface area (Å²) in [6, 6.07) is 2.34. The minimum Gasteiger partial charge on any atom is -0.476 e. The van der Waals surface area contributed by atoms with Gasteiger partial charge in [-0.15, -0.1) is 5.10 Å². The maximum Gasteiger partial charge on any atom is 0.358 e. The Hall–Kier alpha value is -2.18. The van der Waals surface area contributed by atoms with Crippen LogP contribution in [0.15, 0.2) is 12.3 Å². The Morgan fingerprint density at radius 3 is 2.62 bits per heavy atom. The molecule has 0 saturated heterocycles. The first-order valence-electron chi connectivity index (χ1n) is 7.30. The van der Waals surface area contributed by atoms with Crippen molar-refractivity contribution in [2.24, 2.45) is 0 Å². The molecule has 0 fully saturated rings. The third kappa shape index (κ3) is 3.12. The van der Waals surface area contributed by atoms with Crippen LogP contribution >= 0.6 is 0 Å². The van der Waals surface area contributed by atoms with Gasteiger partial charge in [-0.25, -0.2) is 9.48 Å². The first kappa shape index (κ1) is 15.2. The van der Waals surface area contributed by atoms with Crippen molar-refractivity contribution in [2.75, 3.05) is 0 Å². The zero-order valence-corrected chi connectivity index (χ0v) is 12.7. The quantitative estimate of drug-likeness (QED) is 0.844. The van der Waals surface area contributed by atoms with E-state index in [1.165, 1.54) is 0 Å². The van der Waals surface area contributed by atoms with E-state index in [4.69, 9.17) is 5.11 Å². The Morgan fingerprint density at radius 2 is 2.05 bits per heavy atom. The van der Waals surface area contributed by atoms with Crippen molar-refractivity contribution in [3.8, 4) is 0 Å². The number of nitrogens with zero attached hydrogens (tertiary/aromatic N) is 5. The van der Waals surface area contributed by atoms with E-state index >= 15 is 0 Å². The third-order valence-corrected chi connectivity index (χ3v) is 3.67. The fourth-order valence-electron chi connectivity index (χ4n) is 2.46. The molecule has 0 unspecified atom stereocenters. The minimum atomic E-state index is -1.04. The largest absolute Gasteiger partial charge is 0.476 e. The van der Waals surface area contributed by atoms with Crippen LogP contribution < -0.4 is 0 Å². The molecule has 2 aromatic heterocycles. The molecule has 0 atom stereocenters. The molecule has 7 heteroatoms. The molecule has 1 N–H and O–H groups in total. The van der Waals surface area contributed by atoms with E-state index < -0.39 is 5.97 Å². The topological polar surface area (TPSA) is 85.8 Å². The number of rotatable bonds is 7. The molecule has 0 aliphatic carbocycles. The zero-order valence-electron chi connectivity index (χ0n) is 12.7. The molecule has 2 heterocycles. The van der Waals surface area contributed by atoms with Crippen molar-refractivity contribution in [2.45, 2.75) is 52.6 Å². The van der Waals surface area contributed by atoms with Crippen molar-refractivity contribution >= 4 is 5.97 Å². The summed E-state index contributed by atoms with van der Waals surface area (Å²) in [5.41, 5.74) is 1.51. The van der Waals surface area contributed by atoms with E-state index in [-0.39, 0.29) is 5.69 Å². The lowest BCUT2D eigenvalue weighted by Crippen LogP contribution is -2.11. The molecule has 7 nitrogen and oxygen atoms in total. The van der Waals surface area contributed by atoms with Crippen molar-refractivity contribution in [1.29, 1.82) is 0 Å². The summed E-state index contributed by atoms with van der Waals surface area (Å²) in [5, 5.41) is 21.3. The van der Waals surface area contributed by atoms with Gasteiger partial charge < -0.3 is 5.11 Å². The molecule has 0 aliphatic rings. The molecular formula is C14H21N5O2. The van der Waals surface area contributed by atoms with Gasteiger partial charge in [0.2, 0.25) is 0 Å². The van der Waals surface area contributed by atoms with Gasteiger partial charge in [0.25, 0.3) is 0 Å². The lowest BCUT2D eigenvalue weighted by Gasteiger charge is -2.12. The molecular weight excluding hydrogens is 270 g/mol. The van der Waals surface area contributed by atoms with Gasteiger partial charge in [-0.05, 0) is 25.3 Å². The van der Waals surface area contributed by atoms with E-state index in [9.17, 15) is 4.79 Å². The Morgan fingerprint density at radius 1 is 1.33 bits per heavy atom. The van der Waals surface area contributed by atoms with E-state index in [0.29, 0.717) is 24.7 Å². The molecule has 114 valence electrons. The van der Waals surface area contributed by atoms with Gasteiger partial charge in [0.15, 0.2) is 5.69 Å². The average Bonchev–Trinajstić information content (AvgIpc) is 3.08. The summed E-state index contributed by atoms with van der Waals surface area (Å²) >= 11 is 0. The van der Waals surface area contributed by atoms with Crippen LogP contribution in [0, 0.1) is 0 Å². The second-order valence-electron chi connectivity index (χ2n) is 4.96. The smallest absolute Gasteiger partial charge is 0.358 e. The van der Waals surface area contributed by atoms with Gasteiger partial charge >= 0.3 is 5.97 Å². The van der Waals surface area contributed by atoms with E-state index in [1.807, 2.05) is 23.9 Å². The molecule has 2 rings (SSSR count). The molecule has 0 aliphatic heterocycles. The Labute approximate surface area is 123 Å². The first-order valence-corrected chi connectivity index (χ1v) is 7.30. The summed E-state index contributed by atoms with van der Waals surface area (Å²) in [5.74, 6) is -1.04. The SMILES string of the molecule is CCc1c(C(=O)O)nnn1Cc1ccn(C(CC)CC)n1. The first-order chi connectivity index (χ1) is 10.1. The molecule has 0 radical (unpaired) electrons. The van der Waals surface area contributed by atoms with Crippen LogP contribution in [0.25, 0.3) is 0 Å². The summed E-state index contributed by atoms with van der Waals surface area (Å²) in [4.78, 5) is 11.1. The van der Waals surface area contributed by atoms with Gasteiger partial charge in [0.05, 0.1) is 24.0 Å². The van der Waals surface area contributed by atoms with Gasteiger partial charge in [0.1, 0.15) is 0 Å². The van der Waals surface area contributed by atoms with Crippen LogP contribution in [0.1, 0.15) is 61.5 Å². The van der Waals surface area contributed by atoms with E-state index in [1.54, 1.807) is 4.68 Å². The van der Waals surface area contributed by atoms with Gasteiger partial charge in [0, 0.05) is 6.20 Å². The highest BCUT2D eigenvalue weighted by atomic mass is 16.4. The molecule has 0 spiro atoms. The maximum atomic E-state index is 11.1. The number of aromatic carboxylic acids is 1. The Kier molecular flexibility index (Phi) is 4.72. The molecule has 0 aromatic carbocycles. The maximum absolute atomic E-state index is 11.1. The Balaban J connectivity index is 2.21. The highest BCUT2D eigenvalue weighted by molar-refractivity contribution is 5.86. The normalized spacial score (nSPS) is 11.2. The van der Waals surface area contributed by atoms with Gasteiger partial charge in [-0.1, -0.05) is 26.0 Å². The number of hydrogen-bond donors (Lipinski definition) is 1. The zero-order chi connectivity index (χ0) is 15.4. The van der Waals surface area contributed by atoms with Crippen LogP contribution in [-0.4, -0.2) is 35.9 Å². The molecule has 2 aromatic rings. The van der Waals surface area contributed by atoms with Crippen molar-refractivity contribution < 1.29 is 9.90 Å². The molecule has 0 amide bonds. The predicted molar refractivity (Wildman–Crippen MR) is 77.3 cm³/mol. The summed E-state index contributed by atoms with van der Waals surface area (Å²) in [6.07, 6.45) is 4.60. The van der Waals surface area contributed by atoms with Gasteiger partial charge in [-0.2, -0.15) is 5.10 Å². The van der Waals surface area contributed by atoms with Gasteiger partial charge in [-0.3, -0.25) is 4.68 Å². The van der Waals surface area contributed by atoms with Crippen LogP contribution in [-0.2, 0) is 13.0 Å². The van der Waals surface area contributed by atoms with Crippen molar-refractivity contribution in [3.05, 3.63) is 29.3 Å². The lowest BCUT2D eigenvalue weighted by atomic mass is 10.2. The molecule has 0 bridgehead atoms. The summed E-state index contributed by atoms with van der Waals surface area (Å²) in [6.45, 7) is 6.61. The van der Waals surface area contributed by atoms with E-state index in [0.717, 1.165) is 18.5 Å². The number of carboxylic acids is 1. The fraction of sp³-hybridized carbons (Fsp3) is 0.571. The van der Waals surface area contributed by atoms with Crippen LogP contribution in [0.3, 0.4) is 0 Å². The number of carboxylic acid groups (broad SMARTS) is 1. The van der Waals surface area contributed by atoms with Crippen molar-refractivity contribution in [1.82, 2.24) is 24.8 Å².